The number of ether oxygens (including phenoxy) is 1. The SMILES string of the molecule is CCc1cnc(CCNC(=O)Cc2sc(N3CCOCC3)nc2-c2ccccc2)s1. The van der Waals surface area contributed by atoms with Crippen LogP contribution >= 0.6 is 22.7 Å². The zero-order valence-electron chi connectivity index (χ0n) is 17.1. The Morgan fingerprint density at radius 2 is 2.00 bits per heavy atom. The van der Waals surface area contributed by atoms with E-state index in [1.807, 2.05) is 36.5 Å². The monoisotopic (exact) mass is 442 g/mol. The molecule has 30 heavy (non-hydrogen) atoms. The van der Waals surface area contributed by atoms with Crippen LogP contribution in [-0.2, 0) is 28.8 Å². The number of anilines is 1. The van der Waals surface area contributed by atoms with E-state index in [2.05, 4.69) is 22.1 Å². The summed E-state index contributed by atoms with van der Waals surface area (Å²) < 4.78 is 5.46. The molecule has 3 aromatic rings. The van der Waals surface area contributed by atoms with Crippen molar-refractivity contribution in [3.8, 4) is 11.3 Å². The number of carbonyl (C=O) groups is 1. The molecule has 3 heterocycles. The van der Waals surface area contributed by atoms with Gasteiger partial charge in [-0.15, -0.1) is 22.7 Å². The molecule has 1 N–H and O–H groups in total. The topological polar surface area (TPSA) is 67.4 Å². The van der Waals surface area contributed by atoms with Crippen molar-refractivity contribution < 1.29 is 9.53 Å². The van der Waals surface area contributed by atoms with E-state index in [0.717, 1.165) is 52.2 Å². The van der Waals surface area contributed by atoms with Gasteiger partial charge < -0.3 is 15.0 Å². The van der Waals surface area contributed by atoms with E-state index in [1.54, 1.807) is 22.7 Å². The number of benzene rings is 1. The van der Waals surface area contributed by atoms with Crippen molar-refractivity contribution in [1.29, 1.82) is 0 Å². The van der Waals surface area contributed by atoms with Gasteiger partial charge in [-0.2, -0.15) is 0 Å². The van der Waals surface area contributed by atoms with Crippen LogP contribution in [0.1, 0.15) is 21.7 Å². The van der Waals surface area contributed by atoms with Gasteiger partial charge in [-0.3, -0.25) is 4.79 Å². The maximum Gasteiger partial charge on any atom is 0.225 e. The van der Waals surface area contributed by atoms with Crippen molar-refractivity contribution in [3.63, 3.8) is 0 Å². The van der Waals surface area contributed by atoms with Crippen LogP contribution in [0.5, 0.6) is 0 Å². The van der Waals surface area contributed by atoms with Gasteiger partial charge in [-0.05, 0) is 6.42 Å². The lowest BCUT2D eigenvalue weighted by atomic mass is 10.1. The molecule has 6 nitrogen and oxygen atoms in total. The quantitative estimate of drug-likeness (QED) is 0.578. The molecule has 1 aliphatic rings. The van der Waals surface area contributed by atoms with E-state index in [0.29, 0.717) is 26.2 Å². The minimum Gasteiger partial charge on any atom is -0.378 e. The summed E-state index contributed by atoms with van der Waals surface area (Å²) in [5, 5.41) is 5.09. The third-order valence-corrected chi connectivity index (χ3v) is 7.26. The molecule has 0 aliphatic carbocycles. The van der Waals surface area contributed by atoms with Crippen molar-refractivity contribution in [2.24, 2.45) is 0 Å². The summed E-state index contributed by atoms with van der Waals surface area (Å²) in [6.45, 7) is 5.83. The lowest BCUT2D eigenvalue weighted by molar-refractivity contribution is -0.120. The largest absolute Gasteiger partial charge is 0.378 e. The zero-order chi connectivity index (χ0) is 20.8. The highest BCUT2D eigenvalue weighted by Gasteiger charge is 2.21. The first-order chi connectivity index (χ1) is 14.7. The van der Waals surface area contributed by atoms with Crippen molar-refractivity contribution in [1.82, 2.24) is 15.3 Å². The van der Waals surface area contributed by atoms with Crippen LogP contribution < -0.4 is 10.2 Å². The third kappa shape index (κ3) is 5.24. The van der Waals surface area contributed by atoms with Crippen LogP contribution in [0.4, 0.5) is 5.13 Å². The first-order valence-corrected chi connectivity index (χ1v) is 11.9. The molecular formula is C22H26N4O2S2. The minimum absolute atomic E-state index is 0.0247. The van der Waals surface area contributed by atoms with E-state index in [4.69, 9.17) is 9.72 Å². The standard InChI is InChI=1S/C22H26N4O2S2/c1-2-17-15-24-20(29-17)8-9-23-19(27)14-18-21(16-6-4-3-5-7-16)25-22(30-18)26-10-12-28-13-11-26/h3-7,15H,2,8-14H2,1H3,(H,23,27). The summed E-state index contributed by atoms with van der Waals surface area (Å²) in [6, 6.07) is 10.1. The number of carbonyl (C=O) groups excluding carboxylic acids is 1. The van der Waals surface area contributed by atoms with Crippen molar-refractivity contribution >= 4 is 33.7 Å². The number of hydrogen-bond donors (Lipinski definition) is 1. The molecule has 1 saturated heterocycles. The van der Waals surface area contributed by atoms with Gasteiger partial charge in [0.15, 0.2) is 5.13 Å². The first-order valence-electron chi connectivity index (χ1n) is 10.3. The molecule has 1 aliphatic heterocycles. The number of hydrogen-bond acceptors (Lipinski definition) is 7. The molecule has 1 amide bonds. The fourth-order valence-corrected chi connectivity index (χ4v) is 5.31. The van der Waals surface area contributed by atoms with Crippen molar-refractivity contribution in [2.75, 3.05) is 37.7 Å². The van der Waals surface area contributed by atoms with Gasteiger partial charge in [0.05, 0.1) is 30.3 Å². The predicted octanol–water partition coefficient (Wildman–Crippen LogP) is 3.57. The Hall–Kier alpha value is -2.29. The molecule has 1 aromatic carbocycles. The van der Waals surface area contributed by atoms with Gasteiger partial charge in [0.1, 0.15) is 0 Å². The van der Waals surface area contributed by atoms with E-state index < -0.39 is 0 Å². The predicted molar refractivity (Wildman–Crippen MR) is 122 cm³/mol. The fourth-order valence-electron chi connectivity index (χ4n) is 3.31. The zero-order valence-corrected chi connectivity index (χ0v) is 18.7. The normalized spacial score (nSPS) is 14.1. The number of aromatic nitrogens is 2. The van der Waals surface area contributed by atoms with Gasteiger partial charge in [-0.1, -0.05) is 37.3 Å². The molecular weight excluding hydrogens is 416 g/mol. The Morgan fingerprint density at radius 1 is 1.20 bits per heavy atom. The molecule has 158 valence electrons. The molecule has 2 aromatic heterocycles. The summed E-state index contributed by atoms with van der Waals surface area (Å²) in [5.41, 5.74) is 1.95. The maximum atomic E-state index is 12.7. The average Bonchev–Trinajstić information content (AvgIpc) is 3.42. The van der Waals surface area contributed by atoms with Gasteiger partial charge in [0, 0.05) is 47.6 Å². The third-order valence-electron chi connectivity index (χ3n) is 4.95. The van der Waals surface area contributed by atoms with Crippen LogP contribution in [0.15, 0.2) is 36.5 Å². The smallest absolute Gasteiger partial charge is 0.225 e. The summed E-state index contributed by atoms with van der Waals surface area (Å²) in [6.07, 6.45) is 4.04. The minimum atomic E-state index is 0.0247. The van der Waals surface area contributed by atoms with Gasteiger partial charge in [0.2, 0.25) is 5.91 Å². The Morgan fingerprint density at radius 3 is 2.73 bits per heavy atom. The van der Waals surface area contributed by atoms with Gasteiger partial charge in [0.25, 0.3) is 0 Å². The van der Waals surface area contributed by atoms with E-state index in [-0.39, 0.29) is 5.91 Å². The summed E-state index contributed by atoms with van der Waals surface area (Å²) in [5.74, 6) is 0.0247. The number of morpholine rings is 1. The van der Waals surface area contributed by atoms with Crippen molar-refractivity contribution in [3.05, 3.63) is 51.3 Å². The van der Waals surface area contributed by atoms with Gasteiger partial charge in [-0.25, -0.2) is 9.97 Å². The lowest BCUT2D eigenvalue weighted by Gasteiger charge is -2.26. The molecule has 0 saturated carbocycles. The lowest BCUT2D eigenvalue weighted by Crippen LogP contribution is -2.36. The molecule has 1 fully saturated rings. The van der Waals surface area contributed by atoms with Crippen LogP contribution in [0.3, 0.4) is 0 Å². The second-order valence-electron chi connectivity index (χ2n) is 7.08. The van der Waals surface area contributed by atoms with E-state index in [1.165, 1.54) is 4.88 Å². The van der Waals surface area contributed by atoms with Crippen molar-refractivity contribution in [2.45, 2.75) is 26.2 Å². The fraction of sp³-hybridized carbons (Fsp3) is 0.409. The molecule has 0 unspecified atom stereocenters. The molecule has 0 atom stereocenters. The second kappa shape index (κ2) is 10.1. The molecule has 8 heteroatoms. The van der Waals surface area contributed by atoms with Crippen LogP contribution in [-0.4, -0.2) is 48.7 Å². The highest BCUT2D eigenvalue weighted by atomic mass is 32.1. The molecule has 0 bridgehead atoms. The van der Waals surface area contributed by atoms with Gasteiger partial charge >= 0.3 is 0 Å². The summed E-state index contributed by atoms with van der Waals surface area (Å²) in [4.78, 5) is 26.5. The maximum absolute atomic E-state index is 12.7. The average molecular weight is 443 g/mol. The molecule has 0 radical (unpaired) electrons. The Balaban J connectivity index is 1.43. The summed E-state index contributed by atoms with van der Waals surface area (Å²) in [7, 11) is 0. The van der Waals surface area contributed by atoms with Crippen LogP contribution in [0.2, 0.25) is 0 Å². The highest BCUT2D eigenvalue weighted by Crippen LogP contribution is 2.33. The Labute approximate surface area is 184 Å². The number of thiazole rings is 2. The number of aryl methyl sites for hydroxylation is 1. The van der Waals surface area contributed by atoms with Crippen LogP contribution in [0.25, 0.3) is 11.3 Å². The summed E-state index contributed by atoms with van der Waals surface area (Å²) >= 11 is 3.33. The van der Waals surface area contributed by atoms with E-state index in [9.17, 15) is 4.79 Å². The van der Waals surface area contributed by atoms with Crippen LogP contribution in [0, 0.1) is 0 Å². The van der Waals surface area contributed by atoms with E-state index >= 15 is 0 Å². The first kappa shape index (κ1) is 21.0. The number of rotatable bonds is 8. The second-order valence-corrected chi connectivity index (χ2v) is 9.35. The number of nitrogens with zero attached hydrogens (tertiary/aromatic N) is 3. The highest BCUT2D eigenvalue weighted by molar-refractivity contribution is 7.16. The molecule has 0 spiro atoms. The number of amides is 1. The Kier molecular flexibility index (Phi) is 7.09. The molecule has 4 rings (SSSR count). The number of nitrogens with one attached hydrogen (secondary N) is 1. The Bertz CT molecular complexity index is 965.